The van der Waals surface area contributed by atoms with Crippen LogP contribution >= 0.6 is 0 Å². The first-order chi connectivity index (χ1) is 12.1. The van der Waals surface area contributed by atoms with Gasteiger partial charge in [-0.1, -0.05) is 60.2 Å². The van der Waals surface area contributed by atoms with E-state index in [0.29, 0.717) is 12.0 Å². The summed E-state index contributed by atoms with van der Waals surface area (Å²) in [6, 6.07) is 24.2. The van der Waals surface area contributed by atoms with Gasteiger partial charge in [0.15, 0.2) is 0 Å². The lowest BCUT2D eigenvalue weighted by Gasteiger charge is -2.23. The number of aliphatic hydroxyl groups excluding tert-OH is 1. The topological polar surface area (TPSA) is 32.3 Å². The summed E-state index contributed by atoms with van der Waals surface area (Å²) in [5.74, 6) is -0.298. The van der Waals surface area contributed by atoms with Gasteiger partial charge in [-0.05, 0) is 42.3 Å². The largest absolute Gasteiger partial charge is 0.388 e. The fraction of sp³-hybridized carbons (Fsp3) is 0.182. The van der Waals surface area contributed by atoms with Crippen LogP contribution in [0.15, 0.2) is 78.9 Å². The first kappa shape index (κ1) is 17.2. The van der Waals surface area contributed by atoms with Crippen molar-refractivity contribution in [3.8, 4) is 0 Å². The smallest absolute Gasteiger partial charge is 0.123 e. The van der Waals surface area contributed by atoms with Crippen molar-refractivity contribution in [1.82, 2.24) is 0 Å². The Morgan fingerprint density at radius 2 is 1.48 bits per heavy atom. The molecule has 0 radical (unpaired) electrons. The Morgan fingerprint density at radius 1 is 0.840 bits per heavy atom. The van der Waals surface area contributed by atoms with Crippen LogP contribution in [0.4, 0.5) is 10.1 Å². The summed E-state index contributed by atoms with van der Waals surface area (Å²) in [5.41, 5.74) is 4.02. The van der Waals surface area contributed by atoms with Crippen molar-refractivity contribution in [3.63, 3.8) is 0 Å². The zero-order chi connectivity index (χ0) is 17.6. The normalized spacial score (nSPS) is 13.2. The van der Waals surface area contributed by atoms with E-state index in [9.17, 15) is 9.50 Å². The van der Waals surface area contributed by atoms with E-state index >= 15 is 0 Å². The van der Waals surface area contributed by atoms with Crippen LogP contribution < -0.4 is 5.32 Å². The van der Waals surface area contributed by atoms with Crippen LogP contribution in [0, 0.1) is 12.7 Å². The van der Waals surface area contributed by atoms with Gasteiger partial charge in [-0.25, -0.2) is 4.39 Å². The summed E-state index contributed by atoms with van der Waals surface area (Å²) in [6.45, 7) is 2.05. The Labute approximate surface area is 148 Å². The van der Waals surface area contributed by atoms with Crippen molar-refractivity contribution in [2.75, 3.05) is 5.32 Å². The van der Waals surface area contributed by atoms with E-state index in [-0.39, 0.29) is 11.9 Å². The van der Waals surface area contributed by atoms with Crippen LogP contribution in [0.25, 0.3) is 0 Å². The van der Waals surface area contributed by atoms with Gasteiger partial charge in [0.05, 0.1) is 12.1 Å². The van der Waals surface area contributed by atoms with Gasteiger partial charge in [0, 0.05) is 12.1 Å². The second-order valence-electron chi connectivity index (χ2n) is 6.28. The monoisotopic (exact) mass is 335 g/mol. The summed E-state index contributed by atoms with van der Waals surface area (Å²) in [4.78, 5) is 0. The Kier molecular flexibility index (Phi) is 5.46. The van der Waals surface area contributed by atoms with Crippen LogP contribution in [0.5, 0.6) is 0 Å². The number of benzene rings is 3. The van der Waals surface area contributed by atoms with Gasteiger partial charge in [-0.3, -0.25) is 0 Å². The minimum atomic E-state index is -0.677. The summed E-state index contributed by atoms with van der Waals surface area (Å²) in [7, 11) is 0. The van der Waals surface area contributed by atoms with E-state index in [0.717, 1.165) is 11.3 Å². The third-order valence-corrected chi connectivity index (χ3v) is 4.31. The van der Waals surface area contributed by atoms with Gasteiger partial charge in [-0.15, -0.1) is 0 Å². The Hall–Kier alpha value is -2.65. The molecule has 3 aromatic rings. The van der Waals surface area contributed by atoms with Gasteiger partial charge in [0.25, 0.3) is 0 Å². The predicted octanol–water partition coefficient (Wildman–Crippen LogP) is 5.41. The van der Waals surface area contributed by atoms with Gasteiger partial charge >= 0.3 is 0 Å². The maximum absolute atomic E-state index is 13.1. The van der Waals surface area contributed by atoms with E-state index in [1.165, 1.54) is 17.7 Å². The number of hydrogen-bond acceptors (Lipinski definition) is 2. The molecule has 25 heavy (non-hydrogen) atoms. The SMILES string of the molecule is Cc1ccc(NC(CC(O)c2ccc(F)cc2)c2ccccc2)cc1. The van der Waals surface area contributed by atoms with Crippen LogP contribution in [0.1, 0.15) is 35.3 Å². The lowest BCUT2D eigenvalue weighted by molar-refractivity contribution is 0.160. The molecule has 2 atom stereocenters. The molecule has 3 heteroatoms. The van der Waals surface area contributed by atoms with Gasteiger partial charge in [0.1, 0.15) is 5.82 Å². The molecule has 0 saturated carbocycles. The molecule has 0 aliphatic heterocycles. The molecule has 0 fully saturated rings. The Bertz CT molecular complexity index is 785. The lowest BCUT2D eigenvalue weighted by atomic mass is 9.96. The molecule has 0 spiro atoms. The highest BCUT2D eigenvalue weighted by Gasteiger charge is 2.18. The van der Waals surface area contributed by atoms with Crippen molar-refractivity contribution in [2.24, 2.45) is 0 Å². The van der Waals surface area contributed by atoms with Crippen molar-refractivity contribution in [3.05, 3.63) is 101 Å². The average Bonchev–Trinajstić information content (AvgIpc) is 2.64. The Balaban J connectivity index is 1.81. The van der Waals surface area contributed by atoms with Crippen molar-refractivity contribution < 1.29 is 9.50 Å². The number of anilines is 1. The van der Waals surface area contributed by atoms with E-state index in [1.807, 2.05) is 42.5 Å². The fourth-order valence-electron chi connectivity index (χ4n) is 2.86. The Morgan fingerprint density at radius 3 is 2.12 bits per heavy atom. The molecule has 2 N–H and O–H groups in total. The highest BCUT2D eigenvalue weighted by Crippen LogP contribution is 2.29. The van der Waals surface area contributed by atoms with Crippen LogP contribution in [0.2, 0.25) is 0 Å². The quantitative estimate of drug-likeness (QED) is 0.631. The van der Waals surface area contributed by atoms with E-state index in [1.54, 1.807) is 12.1 Å². The predicted molar refractivity (Wildman–Crippen MR) is 100.0 cm³/mol. The average molecular weight is 335 g/mol. The summed E-state index contributed by atoms with van der Waals surface area (Å²) in [6.07, 6.45) is -0.187. The molecular weight excluding hydrogens is 313 g/mol. The van der Waals surface area contributed by atoms with Crippen molar-refractivity contribution in [1.29, 1.82) is 0 Å². The molecule has 0 heterocycles. The van der Waals surface area contributed by atoms with Gasteiger partial charge in [0.2, 0.25) is 0 Å². The molecule has 128 valence electrons. The first-order valence-corrected chi connectivity index (χ1v) is 8.43. The molecule has 0 amide bonds. The van der Waals surface area contributed by atoms with Crippen molar-refractivity contribution in [2.45, 2.75) is 25.5 Å². The minimum absolute atomic E-state index is 0.0519. The molecule has 3 rings (SSSR count). The molecule has 0 aliphatic carbocycles. The third kappa shape index (κ3) is 4.68. The maximum Gasteiger partial charge on any atom is 0.123 e. The zero-order valence-corrected chi connectivity index (χ0v) is 14.2. The number of aliphatic hydroxyl groups is 1. The number of rotatable bonds is 6. The molecular formula is C22H22FNO. The fourth-order valence-corrected chi connectivity index (χ4v) is 2.86. The molecule has 3 aromatic carbocycles. The number of nitrogens with one attached hydrogen (secondary N) is 1. The lowest BCUT2D eigenvalue weighted by Crippen LogP contribution is -2.15. The van der Waals surface area contributed by atoms with Crippen LogP contribution in [-0.2, 0) is 0 Å². The number of aryl methyl sites for hydroxylation is 1. The summed E-state index contributed by atoms with van der Waals surface area (Å²) < 4.78 is 13.1. The molecule has 0 aliphatic rings. The molecule has 0 aromatic heterocycles. The first-order valence-electron chi connectivity index (χ1n) is 8.43. The van der Waals surface area contributed by atoms with E-state index in [2.05, 4.69) is 24.4 Å². The number of hydrogen-bond donors (Lipinski definition) is 2. The molecule has 2 nitrogen and oxygen atoms in total. The highest BCUT2D eigenvalue weighted by atomic mass is 19.1. The number of halogens is 1. The zero-order valence-electron chi connectivity index (χ0n) is 14.2. The summed E-state index contributed by atoms with van der Waals surface area (Å²) in [5, 5.41) is 14.1. The standard InChI is InChI=1S/C22H22FNO/c1-16-7-13-20(14-8-16)24-21(17-5-3-2-4-6-17)15-22(25)18-9-11-19(23)12-10-18/h2-14,21-22,24-25H,15H2,1H3. The second-order valence-corrected chi connectivity index (χ2v) is 6.28. The van der Waals surface area contributed by atoms with Gasteiger partial charge < -0.3 is 10.4 Å². The third-order valence-electron chi connectivity index (χ3n) is 4.31. The highest BCUT2D eigenvalue weighted by molar-refractivity contribution is 5.46. The molecule has 2 unspecified atom stereocenters. The molecule has 0 bridgehead atoms. The maximum atomic E-state index is 13.1. The van der Waals surface area contributed by atoms with Crippen LogP contribution in [0.3, 0.4) is 0 Å². The van der Waals surface area contributed by atoms with E-state index in [4.69, 9.17) is 0 Å². The van der Waals surface area contributed by atoms with Crippen LogP contribution in [-0.4, -0.2) is 5.11 Å². The van der Waals surface area contributed by atoms with Crippen molar-refractivity contribution >= 4 is 5.69 Å². The molecule has 0 saturated heterocycles. The second kappa shape index (κ2) is 7.95. The van der Waals surface area contributed by atoms with E-state index < -0.39 is 6.10 Å². The van der Waals surface area contributed by atoms with Gasteiger partial charge in [-0.2, -0.15) is 0 Å². The minimum Gasteiger partial charge on any atom is -0.388 e. The summed E-state index contributed by atoms with van der Waals surface area (Å²) >= 11 is 0.